The minimum Gasteiger partial charge on any atom is -0.324 e. The molecule has 0 aliphatic rings. The van der Waals surface area contributed by atoms with Crippen LogP contribution < -0.4 is 14.3 Å². The number of carbonyl (C=O) groups excluding carboxylic acids is 1. The van der Waals surface area contributed by atoms with Crippen LogP contribution in [0.2, 0.25) is 0 Å². The van der Waals surface area contributed by atoms with Crippen LogP contribution in [-0.4, -0.2) is 45.0 Å². The maximum atomic E-state index is 13.2. The molecule has 0 aliphatic heterocycles. The summed E-state index contributed by atoms with van der Waals surface area (Å²) in [6.45, 7) is 8.98. The summed E-state index contributed by atoms with van der Waals surface area (Å²) in [6.07, 6.45) is 1.28. The zero-order valence-electron chi connectivity index (χ0n) is 21.6. The first kappa shape index (κ1) is 28.1. The van der Waals surface area contributed by atoms with Crippen molar-refractivity contribution in [2.75, 3.05) is 20.6 Å². The van der Waals surface area contributed by atoms with Gasteiger partial charge in [-0.3, -0.25) is 9.10 Å². The average molecular weight is 546 g/mol. The molecule has 2 N–H and O–H groups in total. The molecule has 0 bridgehead atoms. The third-order valence-electron chi connectivity index (χ3n) is 5.71. The first-order valence-corrected chi connectivity index (χ1v) is 14.9. The molecule has 2 aromatic carbocycles. The van der Waals surface area contributed by atoms with Crippen LogP contribution in [0.15, 0.2) is 53.4 Å². The quantitative estimate of drug-likeness (QED) is 0.418. The smallest absolute Gasteiger partial charge is 0.264 e. The number of anilines is 3. The molecule has 0 fully saturated rings. The van der Waals surface area contributed by atoms with Gasteiger partial charge in [-0.2, -0.15) is 0 Å². The van der Waals surface area contributed by atoms with Crippen molar-refractivity contribution in [3.63, 3.8) is 0 Å². The minimum absolute atomic E-state index is 0.0344. The van der Waals surface area contributed by atoms with Gasteiger partial charge in [0.1, 0.15) is 6.04 Å². The van der Waals surface area contributed by atoms with Crippen molar-refractivity contribution in [2.24, 2.45) is 0 Å². The summed E-state index contributed by atoms with van der Waals surface area (Å²) < 4.78 is 54.4. The van der Waals surface area contributed by atoms with E-state index in [1.165, 1.54) is 24.3 Å². The molecule has 1 heterocycles. The second-order valence-electron chi connectivity index (χ2n) is 8.84. The molecule has 0 aliphatic carbocycles. The fraction of sp³-hybridized carbons (Fsp3) is 0.320. The van der Waals surface area contributed by atoms with Crippen LogP contribution >= 0.6 is 0 Å². The largest absolute Gasteiger partial charge is 0.324 e. The molecular formula is C25H31N5O5S2. The van der Waals surface area contributed by atoms with Crippen LogP contribution in [0.4, 0.5) is 17.3 Å². The number of benzene rings is 2. The van der Waals surface area contributed by atoms with Crippen LogP contribution in [0.3, 0.4) is 0 Å². The van der Waals surface area contributed by atoms with E-state index in [-0.39, 0.29) is 17.3 Å². The van der Waals surface area contributed by atoms with Gasteiger partial charge in [-0.25, -0.2) is 31.5 Å². The maximum Gasteiger partial charge on any atom is 0.264 e. The summed E-state index contributed by atoms with van der Waals surface area (Å²) in [6, 6.07) is 11.5. The van der Waals surface area contributed by atoms with Gasteiger partial charge in [0.15, 0.2) is 0 Å². The predicted molar refractivity (Wildman–Crippen MR) is 145 cm³/mol. The Kier molecular flexibility index (Phi) is 8.23. The Morgan fingerprint density at radius 2 is 1.49 bits per heavy atom. The van der Waals surface area contributed by atoms with E-state index in [4.69, 9.17) is 0 Å². The van der Waals surface area contributed by atoms with E-state index in [0.29, 0.717) is 22.8 Å². The molecule has 3 rings (SSSR count). The molecule has 198 valence electrons. The number of carbonyl (C=O) groups is 1. The van der Waals surface area contributed by atoms with Gasteiger partial charge in [-0.15, -0.1) is 0 Å². The fourth-order valence-electron chi connectivity index (χ4n) is 3.82. The first-order valence-electron chi connectivity index (χ1n) is 11.5. The Morgan fingerprint density at radius 1 is 0.892 bits per heavy atom. The van der Waals surface area contributed by atoms with Gasteiger partial charge in [0, 0.05) is 17.1 Å². The number of aryl methyl sites for hydroxylation is 4. The highest BCUT2D eigenvalue weighted by Crippen LogP contribution is 2.26. The average Bonchev–Trinajstić information content (AvgIpc) is 2.77. The Hall–Kier alpha value is -3.51. The summed E-state index contributed by atoms with van der Waals surface area (Å²) in [5.41, 5.74) is 3.86. The predicted octanol–water partition coefficient (Wildman–Crippen LogP) is 3.69. The van der Waals surface area contributed by atoms with Gasteiger partial charge in [-0.1, -0.05) is 13.0 Å². The van der Waals surface area contributed by atoms with Crippen LogP contribution in [0.25, 0.3) is 0 Å². The van der Waals surface area contributed by atoms with Crippen molar-refractivity contribution in [3.05, 3.63) is 71.0 Å². The summed E-state index contributed by atoms with van der Waals surface area (Å²) in [5, 5.41) is 2.70. The second kappa shape index (κ2) is 10.9. The number of hydrogen-bond donors (Lipinski definition) is 2. The van der Waals surface area contributed by atoms with Crippen molar-refractivity contribution in [2.45, 2.75) is 52.0 Å². The summed E-state index contributed by atoms with van der Waals surface area (Å²) >= 11 is 0. The van der Waals surface area contributed by atoms with E-state index in [2.05, 4.69) is 20.0 Å². The highest BCUT2D eigenvalue weighted by atomic mass is 32.2. The minimum atomic E-state index is -3.96. The molecule has 10 nitrogen and oxygen atoms in total. The third-order valence-corrected chi connectivity index (χ3v) is 8.24. The van der Waals surface area contributed by atoms with Crippen LogP contribution in [-0.2, 0) is 24.8 Å². The first-order chi connectivity index (χ1) is 17.2. The van der Waals surface area contributed by atoms with Gasteiger partial charge in [0.25, 0.3) is 10.0 Å². The molecule has 1 atom stereocenters. The number of aromatic nitrogens is 2. The normalized spacial score (nSPS) is 12.6. The Balaban J connectivity index is 1.82. The zero-order chi connectivity index (χ0) is 27.5. The topological polar surface area (TPSA) is 138 Å². The SMILES string of the molecule is CCC(C(=O)Nc1ccc(S(=O)(=O)Nc2nc(C)cc(C)n2)cc1)N(c1ccc(C)c(C)c1)S(C)(=O)=O. The van der Waals surface area contributed by atoms with Gasteiger partial charge in [-0.05, 0) is 87.7 Å². The molecule has 3 aromatic rings. The highest BCUT2D eigenvalue weighted by molar-refractivity contribution is 7.92. The van der Waals surface area contributed by atoms with Gasteiger partial charge in [0.2, 0.25) is 21.9 Å². The number of amides is 1. The zero-order valence-corrected chi connectivity index (χ0v) is 23.2. The second-order valence-corrected chi connectivity index (χ2v) is 12.4. The lowest BCUT2D eigenvalue weighted by atomic mass is 10.1. The molecule has 0 radical (unpaired) electrons. The summed E-state index contributed by atoms with van der Waals surface area (Å²) in [4.78, 5) is 21.3. The Morgan fingerprint density at radius 3 is 2.00 bits per heavy atom. The molecule has 1 unspecified atom stereocenters. The van der Waals surface area contributed by atoms with Crippen molar-refractivity contribution in [1.29, 1.82) is 0 Å². The van der Waals surface area contributed by atoms with E-state index in [9.17, 15) is 21.6 Å². The lowest BCUT2D eigenvalue weighted by Gasteiger charge is -2.30. The van der Waals surface area contributed by atoms with Crippen LogP contribution in [0, 0.1) is 27.7 Å². The number of sulfonamides is 2. The molecule has 37 heavy (non-hydrogen) atoms. The van der Waals surface area contributed by atoms with E-state index >= 15 is 0 Å². The monoisotopic (exact) mass is 545 g/mol. The Bertz CT molecular complexity index is 1500. The molecule has 0 saturated carbocycles. The van der Waals surface area contributed by atoms with Crippen molar-refractivity contribution < 1.29 is 21.6 Å². The van der Waals surface area contributed by atoms with E-state index in [1.807, 2.05) is 19.9 Å². The molecule has 0 saturated heterocycles. The summed E-state index contributed by atoms with van der Waals surface area (Å²) in [5.74, 6) is -0.573. The third kappa shape index (κ3) is 6.83. The summed E-state index contributed by atoms with van der Waals surface area (Å²) in [7, 11) is -7.75. The van der Waals surface area contributed by atoms with E-state index < -0.39 is 32.0 Å². The molecule has 0 spiro atoms. The highest BCUT2D eigenvalue weighted by Gasteiger charge is 2.32. The standard InChI is InChI=1S/C25H31N5O5S2/c1-7-23(30(36(6,32)33)21-11-8-16(2)17(3)14-21)24(31)28-20-9-12-22(13-10-20)37(34,35)29-25-26-18(4)15-19(5)27-25/h8-15,23H,7H2,1-6H3,(H,28,31)(H,26,27,29). The number of hydrogen-bond acceptors (Lipinski definition) is 7. The number of rotatable bonds is 9. The lowest BCUT2D eigenvalue weighted by Crippen LogP contribution is -2.47. The molecule has 12 heteroatoms. The van der Waals surface area contributed by atoms with Crippen LogP contribution in [0.5, 0.6) is 0 Å². The number of nitrogens with zero attached hydrogens (tertiary/aromatic N) is 3. The molecule has 1 amide bonds. The molecule has 1 aromatic heterocycles. The molecular weight excluding hydrogens is 514 g/mol. The van der Waals surface area contributed by atoms with E-state index in [0.717, 1.165) is 21.7 Å². The van der Waals surface area contributed by atoms with Crippen molar-refractivity contribution in [3.8, 4) is 0 Å². The van der Waals surface area contributed by atoms with Gasteiger partial charge in [0.05, 0.1) is 16.8 Å². The van der Waals surface area contributed by atoms with Crippen molar-refractivity contribution in [1.82, 2.24) is 9.97 Å². The van der Waals surface area contributed by atoms with Gasteiger partial charge < -0.3 is 5.32 Å². The van der Waals surface area contributed by atoms with E-state index in [1.54, 1.807) is 39.0 Å². The van der Waals surface area contributed by atoms with Crippen LogP contribution in [0.1, 0.15) is 35.9 Å². The fourth-order valence-corrected chi connectivity index (χ4v) is 5.96. The van der Waals surface area contributed by atoms with Gasteiger partial charge >= 0.3 is 0 Å². The van der Waals surface area contributed by atoms with Crippen molar-refractivity contribution >= 4 is 43.3 Å². The maximum absolute atomic E-state index is 13.2. The Labute approximate surface area is 218 Å². The number of nitrogens with one attached hydrogen (secondary N) is 2. The lowest BCUT2D eigenvalue weighted by molar-refractivity contribution is -0.117.